The van der Waals surface area contributed by atoms with Crippen molar-refractivity contribution < 1.29 is 23.6 Å². The third-order valence-electron chi connectivity index (χ3n) is 3.61. The Morgan fingerprint density at radius 1 is 1.25 bits per heavy atom. The number of rotatable bonds is 5. The number of carbonyl (C=O) groups excluding carboxylic acids is 1. The number of nitrogens with one attached hydrogen (secondary N) is 1. The molecule has 0 aliphatic carbocycles. The molecule has 0 spiro atoms. The first kappa shape index (κ1) is 19.2. The summed E-state index contributed by atoms with van der Waals surface area (Å²) < 4.78 is 19.3. The third-order valence-corrected chi connectivity index (χ3v) is 4.10. The van der Waals surface area contributed by atoms with Gasteiger partial charge in [-0.1, -0.05) is 15.9 Å². The highest BCUT2D eigenvalue weighted by Gasteiger charge is 2.19. The van der Waals surface area contributed by atoms with Crippen molar-refractivity contribution in [3.05, 3.63) is 80.3 Å². The first-order valence-electron chi connectivity index (χ1n) is 7.71. The molecule has 1 aromatic heterocycles. The average Bonchev–Trinajstić information content (AvgIpc) is 3.12. The normalized spacial score (nSPS) is 10.9. The van der Waals surface area contributed by atoms with Crippen LogP contribution in [0.2, 0.25) is 0 Å². The van der Waals surface area contributed by atoms with E-state index in [4.69, 9.17) is 4.42 Å². The van der Waals surface area contributed by atoms with E-state index in [0.29, 0.717) is 4.47 Å². The lowest BCUT2D eigenvalue weighted by Crippen LogP contribution is -2.17. The fraction of sp³-hybridized carbons (Fsp3) is 0. The fourth-order valence-corrected chi connectivity index (χ4v) is 2.70. The third kappa shape index (κ3) is 4.23. The summed E-state index contributed by atoms with van der Waals surface area (Å²) in [6.07, 6.45) is 1.19. The van der Waals surface area contributed by atoms with Gasteiger partial charge in [-0.15, -0.1) is 0 Å². The van der Waals surface area contributed by atoms with E-state index in [-0.39, 0.29) is 28.4 Å². The van der Waals surface area contributed by atoms with Gasteiger partial charge in [-0.05, 0) is 42.5 Å². The smallest absolute Gasteiger partial charge is 0.283 e. The number of hydrazone groups is 1. The molecule has 0 radical (unpaired) electrons. The second kappa shape index (κ2) is 8.01. The molecule has 0 saturated heterocycles. The standard InChI is InChI=1S/C18H11BrFN3O5/c19-10-1-5-16(24)14(7-10)18(25)22-21-9-12-3-6-17(28-12)13-4-2-11(20)8-15(13)23(26)27/h1-9,24H,(H,22,25)/b21-9-. The molecule has 28 heavy (non-hydrogen) atoms. The van der Waals surface area contributed by atoms with Crippen LogP contribution in [-0.2, 0) is 0 Å². The summed E-state index contributed by atoms with van der Waals surface area (Å²) in [4.78, 5) is 22.4. The number of nitro benzene ring substituents is 1. The molecule has 1 heterocycles. The molecule has 142 valence electrons. The number of nitro groups is 1. The van der Waals surface area contributed by atoms with Crippen molar-refractivity contribution in [2.24, 2.45) is 5.10 Å². The van der Waals surface area contributed by atoms with Gasteiger partial charge in [0.1, 0.15) is 23.1 Å². The monoisotopic (exact) mass is 447 g/mol. The second-order valence-corrected chi connectivity index (χ2v) is 6.40. The number of aromatic hydroxyl groups is 1. The molecule has 0 aliphatic rings. The van der Waals surface area contributed by atoms with Gasteiger partial charge in [0.15, 0.2) is 0 Å². The molecule has 0 saturated carbocycles. The van der Waals surface area contributed by atoms with Crippen LogP contribution in [0.5, 0.6) is 5.75 Å². The molecule has 0 fully saturated rings. The Morgan fingerprint density at radius 2 is 2.04 bits per heavy atom. The second-order valence-electron chi connectivity index (χ2n) is 5.48. The van der Waals surface area contributed by atoms with Gasteiger partial charge >= 0.3 is 0 Å². The van der Waals surface area contributed by atoms with E-state index >= 15 is 0 Å². The van der Waals surface area contributed by atoms with E-state index in [0.717, 1.165) is 12.1 Å². The van der Waals surface area contributed by atoms with Crippen LogP contribution in [0.4, 0.5) is 10.1 Å². The summed E-state index contributed by atoms with van der Waals surface area (Å²) in [6, 6.07) is 10.4. The lowest BCUT2D eigenvalue weighted by atomic mass is 10.1. The quantitative estimate of drug-likeness (QED) is 0.344. The van der Waals surface area contributed by atoms with Crippen molar-refractivity contribution in [3.8, 4) is 17.1 Å². The van der Waals surface area contributed by atoms with Crippen molar-refractivity contribution in [2.45, 2.75) is 0 Å². The molecule has 0 bridgehead atoms. The van der Waals surface area contributed by atoms with Gasteiger partial charge in [-0.25, -0.2) is 9.82 Å². The summed E-state index contributed by atoms with van der Waals surface area (Å²) in [5.74, 6) is -1.24. The first-order valence-corrected chi connectivity index (χ1v) is 8.50. The van der Waals surface area contributed by atoms with Gasteiger partial charge in [0.05, 0.1) is 28.3 Å². The highest BCUT2D eigenvalue weighted by Crippen LogP contribution is 2.31. The number of phenols is 1. The number of amides is 1. The highest BCUT2D eigenvalue weighted by atomic mass is 79.9. The van der Waals surface area contributed by atoms with E-state index in [1.54, 1.807) is 6.07 Å². The molecule has 0 atom stereocenters. The predicted octanol–water partition coefficient (Wildman–Crippen LogP) is 4.23. The maximum Gasteiger partial charge on any atom is 0.283 e. The molecule has 1 amide bonds. The van der Waals surface area contributed by atoms with E-state index in [2.05, 4.69) is 26.5 Å². The van der Waals surface area contributed by atoms with E-state index in [1.165, 1.54) is 36.5 Å². The van der Waals surface area contributed by atoms with Gasteiger partial charge in [-0.3, -0.25) is 14.9 Å². The first-order chi connectivity index (χ1) is 13.3. The molecule has 3 aromatic rings. The van der Waals surface area contributed by atoms with E-state index in [9.17, 15) is 24.4 Å². The van der Waals surface area contributed by atoms with Crippen LogP contribution in [0, 0.1) is 15.9 Å². The molecule has 0 aliphatic heterocycles. The molecule has 10 heteroatoms. The summed E-state index contributed by atoms with van der Waals surface area (Å²) in [5.41, 5.74) is 1.93. The van der Waals surface area contributed by atoms with Crippen molar-refractivity contribution >= 4 is 33.7 Å². The molecule has 0 unspecified atom stereocenters. The minimum atomic E-state index is -0.734. The lowest BCUT2D eigenvalue weighted by molar-refractivity contribution is -0.384. The number of phenolic OH excluding ortho intramolecular Hbond substituents is 1. The zero-order valence-corrected chi connectivity index (χ0v) is 15.5. The largest absolute Gasteiger partial charge is 0.507 e. The van der Waals surface area contributed by atoms with Gasteiger partial charge in [0.25, 0.3) is 11.6 Å². The van der Waals surface area contributed by atoms with Gasteiger partial charge in [0.2, 0.25) is 0 Å². The van der Waals surface area contributed by atoms with Gasteiger partial charge < -0.3 is 9.52 Å². The molecule has 2 N–H and O–H groups in total. The molecule has 2 aromatic carbocycles. The maximum absolute atomic E-state index is 13.2. The summed E-state index contributed by atoms with van der Waals surface area (Å²) in [7, 11) is 0. The number of benzene rings is 2. The van der Waals surface area contributed by atoms with Crippen LogP contribution in [-0.4, -0.2) is 22.2 Å². The number of carbonyl (C=O) groups is 1. The van der Waals surface area contributed by atoms with Crippen molar-refractivity contribution in [1.82, 2.24) is 5.43 Å². The molecular formula is C18H11BrFN3O5. The Kier molecular flexibility index (Phi) is 5.50. The van der Waals surface area contributed by atoms with Gasteiger partial charge in [-0.2, -0.15) is 5.10 Å². The van der Waals surface area contributed by atoms with E-state index < -0.39 is 22.3 Å². The number of halogens is 2. The lowest BCUT2D eigenvalue weighted by Gasteiger charge is -2.03. The Balaban J connectivity index is 1.76. The van der Waals surface area contributed by atoms with Crippen LogP contribution < -0.4 is 5.43 Å². The Labute approximate surface area is 165 Å². The molecular weight excluding hydrogens is 437 g/mol. The Hall–Kier alpha value is -3.53. The van der Waals surface area contributed by atoms with Crippen molar-refractivity contribution in [3.63, 3.8) is 0 Å². The Bertz CT molecular complexity index is 1100. The number of hydrogen-bond donors (Lipinski definition) is 2. The molecule has 3 rings (SSSR count). The van der Waals surface area contributed by atoms with Crippen molar-refractivity contribution in [1.29, 1.82) is 0 Å². The van der Waals surface area contributed by atoms with Crippen LogP contribution >= 0.6 is 15.9 Å². The van der Waals surface area contributed by atoms with Crippen LogP contribution in [0.3, 0.4) is 0 Å². The highest BCUT2D eigenvalue weighted by molar-refractivity contribution is 9.10. The number of nitrogens with zero attached hydrogens (tertiary/aromatic N) is 2. The minimum Gasteiger partial charge on any atom is -0.507 e. The van der Waals surface area contributed by atoms with Crippen molar-refractivity contribution in [2.75, 3.05) is 0 Å². The fourth-order valence-electron chi connectivity index (χ4n) is 2.34. The van der Waals surface area contributed by atoms with Crippen LogP contribution in [0.15, 0.2) is 62.5 Å². The van der Waals surface area contributed by atoms with Gasteiger partial charge in [0, 0.05) is 4.47 Å². The van der Waals surface area contributed by atoms with Crippen LogP contribution in [0.25, 0.3) is 11.3 Å². The maximum atomic E-state index is 13.2. The zero-order chi connectivity index (χ0) is 20.3. The SMILES string of the molecule is O=C(N/N=C\c1ccc(-c2ccc(F)cc2[N+](=O)[O-])o1)c1cc(Br)ccc1O. The number of hydrogen-bond acceptors (Lipinski definition) is 6. The Morgan fingerprint density at radius 3 is 2.79 bits per heavy atom. The molecule has 8 nitrogen and oxygen atoms in total. The van der Waals surface area contributed by atoms with E-state index in [1.807, 2.05) is 0 Å². The topological polar surface area (TPSA) is 118 Å². The summed E-state index contributed by atoms with van der Waals surface area (Å²) >= 11 is 3.20. The summed E-state index contributed by atoms with van der Waals surface area (Å²) in [5, 5.41) is 24.5. The predicted molar refractivity (Wildman–Crippen MR) is 102 cm³/mol. The number of furan rings is 1. The zero-order valence-electron chi connectivity index (χ0n) is 13.9. The minimum absolute atomic E-state index is 0.0218. The van der Waals surface area contributed by atoms with Crippen LogP contribution in [0.1, 0.15) is 16.1 Å². The average molecular weight is 448 g/mol. The summed E-state index contributed by atoms with van der Waals surface area (Å²) in [6.45, 7) is 0.